The van der Waals surface area contributed by atoms with Gasteiger partial charge in [-0.1, -0.05) is 30.3 Å². The van der Waals surface area contributed by atoms with E-state index in [0.717, 1.165) is 18.4 Å². The second-order valence-electron chi connectivity index (χ2n) is 5.71. The van der Waals surface area contributed by atoms with Gasteiger partial charge in [0.05, 0.1) is 0 Å². The number of carbonyl (C=O) groups is 2. The van der Waals surface area contributed by atoms with E-state index in [9.17, 15) is 9.59 Å². The van der Waals surface area contributed by atoms with E-state index in [1.54, 1.807) is 0 Å². The van der Waals surface area contributed by atoms with E-state index in [0.29, 0.717) is 32.6 Å². The Morgan fingerprint density at radius 1 is 1.18 bits per heavy atom. The number of carbonyl (C=O) groups excluding carboxylic acids is 2. The van der Waals surface area contributed by atoms with E-state index in [1.165, 1.54) is 0 Å². The maximum Gasteiger partial charge on any atom is 0.223 e. The zero-order valence-electron chi connectivity index (χ0n) is 13.2. The maximum atomic E-state index is 12.2. The van der Waals surface area contributed by atoms with Crippen molar-refractivity contribution in [1.82, 2.24) is 15.5 Å². The number of benzene rings is 1. The molecule has 0 spiro atoms. The number of rotatable bonds is 6. The molecule has 1 aromatic rings. The number of nitrogens with zero attached hydrogens (tertiary/aromatic N) is 1. The highest BCUT2D eigenvalue weighted by molar-refractivity contribution is 5.80. The van der Waals surface area contributed by atoms with Crippen LogP contribution in [-0.2, 0) is 16.1 Å². The Kier molecular flexibility index (Phi) is 6.40. The van der Waals surface area contributed by atoms with Gasteiger partial charge in [0.25, 0.3) is 0 Å². The second kappa shape index (κ2) is 8.54. The maximum absolute atomic E-state index is 12.2. The van der Waals surface area contributed by atoms with Crippen LogP contribution in [0.1, 0.15) is 24.8 Å². The topological polar surface area (TPSA) is 61.4 Å². The predicted octanol–water partition coefficient (Wildman–Crippen LogP) is 1.15. The molecule has 2 rings (SSSR count). The molecule has 2 amide bonds. The Bertz CT molecular complexity index is 482. The van der Waals surface area contributed by atoms with Crippen molar-refractivity contribution >= 4 is 11.8 Å². The number of piperidine rings is 1. The SMILES string of the molecule is CNCCC(=O)N1CCC(C(=O)NCc2ccccc2)CC1. The second-order valence-corrected chi connectivity index (χ2v) is 5.71. The minimum absolute atomic E-state index is 0.0251. The van der Waals surface area contributed by atoms with Crippen LogP contribution in [0.25, 0.3) is 0 Å². The molecule has 0 saturated carbocycles. The molecular formula is C17H25N3O2. The minimum Gasteiger partial charge on any atom is -0.352 e. The highest BCUT2D eigenvalue weighted by atomic mass is 16.2. The lowest BCUT2D eigenvalue weighted by Crippen LogP contribution is -2.43. The van der Waals surface area contributed by atoms with Gasteiger partial charge in [-0.15, -0.1) is 0 Å². The lowest BCUT2D eigenvalue weighted by molar-refractivity contribution is -0.135. The molecule has 1 aliphatic heterocycles. The number of nitrogens with one attached hydrogen (secondary N) is 2. The average Bonchev–Trinajstić information content (AvgIpc) is 2.58. The molecule has 0 atom stereocenters. The Labute approximate surface area is 132 Å². The smallest absolute Gasteiger partial charge is 0.223 e. The molecule has 1 fully saturated rings. The van der Waals surface area contributed by atoms with Crippen LogP contribution < -0.4 is 10.6 Å². The van der Waals surface area contributed by atoms with E-state index < -0.39 is 0 Å². The normalized spacial score (nSPS) is 15.6. The third-order valence-electron chi connectivity index (χ3n) is 4.12. The van der Waals surface area contributed by atoms with Gasteiger partial charge >= 0.3 is 0 Å². The number of likely N-dealkylation sites (tertiary alicyclic amines) is 1. The monoisotopic (exact) mass is 303 g/mol. The molecule has 0 radical (unpaired) electrons. The molecule has 22 heavy (non-hydrogen) atoms. The largest absolute Gasteiger partial charge is 0.352 e. The zero-order valence-corrected chi connectivity index (χ0v) is 13.2. The van der Waals surface area contributed by atoms with Crippen molar-refractivity contribution in [2.24, 2.45) is 5.92 Å². The highest BCUT2D eigenvalue weighted by Gasteiger charge is 2.26. The summed E-state index contributed by atoms with van der Waals surface area (Å²) < 4.78 is 0. The molecular weight excluding hydrogens is 278 g/mol. The molecule has 120 valence electrons. The lowest BCUT2D eigenvalue weighted by Gasteiger charge is -2.31. The van der Waals surface area contributed by atoms with Crippen LogP contribution in [0.3, 0.4) is 0 Å². The third kappa shape index (κ3) is 4.84. The van der Waals surface area contributed by atoms with Gasteiger partial charge in [-0.3, -0.25) is 9.59 Å². The summed E-state index contributed by atoms with van der Waals surface area (Å²) in [7, 11) is 1.84. The van der Waals surface area contributed by atoms with E-state index in [4.69, 9.17) is 0 Å². The van der Waals surface area contributed by atoms with Crippen LogP contribution in [0, 0.1) is 5.92 Å². The molecule has 5 heteroatoms. The fourth-order valence-corrected chi connectivity index (χ4v) is 2.71. The Morgan fingerprint density at radius 3 is 2.50 bits per heavy atom. The third-order valence-corrected chi connectivity index (χ3v) is 4.12. The molecule has 0 aliphatic carbocycles. The van der Waals surface area contributed by atoms with Crippen molar-refractivity contribution < 1.29 is 9.59 Å². The van der Waals surface area contributed by atoms with Crippen molar-refractivity contribution in [1.29, 1.82) is 0 Å². The first-order valence-electron chi connectivity index (χ1n) is 7.94. The highest BCUT2D eigenvalue weighted by Crippen LogP contribution is 2.18. The zero-order chi connectivity index (χ0) is 15.8. The quantitative estimate of drug-likeness (QED) is 0.829. The van der Waals surface area contributed by atoms with Gasteiger partial charge in [0.1, 0.15) is 0 Å². The predicted molar refractivity (Wildman–Crippen MR) is 86.1 cm³/mol. The van der Waals surface area contributed by atoms with Gasteiger partial charge in [0.15, 0.2) is 0 Å². The summed E-state index contributed by atoms with van der Waals surface area (Å²) in [6.45, 7) is 2.65. The molecule has 1 aromatic carbocycles. The van der Waals surface area contributed by atoms with Gasteiger partial charge in [-0.25, -0.2) is 0 Å². The van der Waals surface area contributed by atoms with Crippen molar-refractivity contribution in [3.63, 3.8) is 0 Å². The first kappa shape index (κ1) is 16.5. The molecule has 0 unspecified atom stereocenters. The van der Waals surface area contributed by atoms with E-state index in [2.05, 4.69) is 10.6 Å². The van der Waals surface area contributed by atoms with E-state index >= 15 is 0 Å². The van der Waals surface area contributed by atoms with Gasteiger partial charge < -0.3 is 15.5 Å². The van der Waals surface area contributed by atoms with Gasteiger partial charge in [0.2, 0.25) is 11.8 Å². The summed E-state index contributed by atoms with van der Waals surface area (Å²) in [6, 6.07) is 9.91. The fourth-order valence-electron chi connectivity index (χ4n) is 2.71. The number of amides is 2. The Balaban J connectivity index is 1.72. The molecule has 0 aromatic heterocycles. The first-order valence-corrected chi connectivity index (χ1v) is 7.94. The lowest BCUT2D eigenvalue weighted by atomic mass is 9.95. The molecule has 1 aliphatic rings. The van der Waals surface area contributed by atoms with E-state index in [-0.39, 0.29) is 17.7 Å². The summed E-state index contributed by atoms with van der Waals surface area (Å²) >= 11 is 0. The van der Waals surface area contributed by atoms with Crippen LogP contribution >= 0.6 is 0 Å². The first-order chi connectivity index (χ1) is 10.7. The summed E-state index contributed by atoms with van der Waals surface area (Å²) in [5, 5.41) is 5.98. The van der Waals surface area contributed by atoms with Crippen LogP contribution in [0.2, 0.25) is 0 Å². The molecule has 2 N–H and O–H groups in total. The molecule has 1 heterocycles. The van der Waals surface area contributed by atoms with Gasteiger partial charge in [-0.05, 0) is 25.5 Å². The van der Waals surface area contributed by atoms with E-state index in [1.807, 2.05) is 42.3 Å². The standard InChI is InChI=1S/C17H25N3O2/c1-18-10-7-16(21)20-11-8-15(9-12-20)17(22)19-13-14-5-3-2-4-6-14/h2-6,15,18H,7-13H2,1H3,(H,19,22). The summed E-state index contributed by atoms with van der Waals surface area (Å²) in [5.74, 6) is 0.306. The average molecular weight is 303 g/mol. The van der Waals surface area contributed by atoms with Crippen LogP contribution in [0.5, 0.6) is 0 Å². The number of hydrogen-bond acceptors (Lipinski definition) is 3. The number of hydrogen-bond donors (Lipinski definition) is 2. The van der Waals surface area contributed by atoms with Crippen molar-refractivity contribution in [3.05, 3.63) is 35.9 Å². The van der Waals surface area contributed by atoms with Crippen molar-refractivity contribution in [3.8, 4) is 0 Å². The van der Waals surface area contributed by atoms with Crippen LogP contribution in [0.15, 0.2) is 30.3 Å². The van der Waals surface area contributed by atoms with Crippen molar-refractivity contribution in [2.45, 2.75) is 25.8 Å². The van der Waals surface area contributed by atoms with Crippen LogP contribution in [0.4, 0.5) is 0 Å². The van der Waals surface area contributed by atoms with Gasteiger partial charge in [-0.2, -0.15) is 0 Å². The Morgan fingerprint density at radius 2 is 1.86 bits per heavy atom. The van der Waals surface area contributed by atoms with Crippen LogP contribution in [-0.4, -0.2) is 43.4 Å². The fraction of sp³-hybridized carbons (Fsp3) is 0.529. The molecule has 0 bridgehead atoms. The Hall–Kier alpha value is -1.88. The minimum atomic E-state index is 0.0251. The van der Waals surface area contributed by atoms with Gasteiger partial charge in [0, 0.05) is 38.5 Å². The van der Waals surface area contributed by atoms with Crippen molar-refractivity contribution in [2.75, 3.05) is 26.7 Å². The summed E-state index contributed by atoms with van der Waals surface area (Å²) in [4.78, 5) is 26.0. The molecule has 1 saturated heterocycles. The summed E-state index contributed by atoms with van der Waals surface area (Å²) in [5.41, 5.74) is 1.11. The summed E-state index contributed by atoms with van der Waals surface area (Å²) in [6.07, 6.45) is 2.04. The molecule has 5 nitrogen and oxygen atoms in total.